The maximum atomic E-state index is 5.48. The Labute approximate surface area is 110 Å². The van der Waals surface area contributed by atoms with E-state index in [1.807, 2.05) is 13.8 Å². The van der Waals surface area contributed by atoms with Crippen molar-refractivity contribution in [1.82, 2.24) is 0 Å². The number of rotatable bonds is 8. The topological polar surface area (TPSA) is 30.5 Å². The number of ether oxygens (including phenoxy) is 2. The molecular formula is C15H25NO2. The Bertz CT molecular complexity index is 316. The Balaban J connectivity index is 2.46. The molecule has 0 fully saturated rings. The maximum absolute atomic E-state index is 5.48. The van der Waals surface area contributed by atoms with Gasteiger partial charge in [0.1, 0.15) is 0 Å². The summed E-state index contributed by atoms with van der Waals surface area (Å²) in [6.45, 7) is 10.3. The first-order chi connectivity index (χ1) is 8.67. The monoisotopic (exact) mass is 251 g/mol. The second-order valence-electron chi connectivity index (χ2n) is 4.50. The average Bonchev–Trinajstić information content (AvgIpc) is 2.37. The molecule has 0 bridgehead atoms. The lowest BCUT2D eigenvalue weighted by atomic mass is 10.0. The standard InChI is InChI=1S/C15H25NO2/c1-5-17-15(18-6-2)11-16-14-9-7-13(8-10-14)12(3)4/h7-10,12,15-16H,5-6,11H2,1-4H3. The van der Waals surface area contributed by atoms with Gasteiger partial charge in [-0.15, -0.1) is 0 Å². The molecule has 0 amide bonds. The van der Waals surface area contributed by atoms with Gasteiger partial charge in [0, 0.05) is 18.9 Å². The Hall–Kier alpha value is -1.06. The Morgan fingerprint density at radius 1 is 1.00 bits per heavy atom. The maximum Gasteiger partial charge on any atom is 0.174 e. The molecule has 0 aliphatic heterocycles. The minimum Gasteiger partial charge on any atom is -0.380 e. The molecule has 0 aliphatic rings. The molecule has 1 N–H and O–H groups in total. The molecular weight excluding hydrogens is 226 g/mol. The van der Waals surface area contributed by atoms with Crippen LogP contribution < -0.4 is 5.32 Å². The van der Waals surface area contributed by atoms with Crippen LogP contribution in [0.25, 0.3) is 0 Å². The molecule has 0 unspecified atom stereocenters. The fraction of sp³-hybridized carbons (Fsp3) is 0.600. The van der Waals surface area contributed by atoms with Crippen LogP contribution in [0, 0.1) is 0 Å². The summed E-state index contributed by atoms with van der Waals surface area (Å²) in [5, 5.41) is 3.33. The predicted octanol–water partition coefficient (Wildman–Crippen LogP) is 3.62. The van der Waals surface area contributed by atoms with Gasteiger partial charge in [-0.05, 0) is 37.5 Å². The van der Waals surface area contributed by atoms with Crippen LogP contribution in [0.3, 0.4) is 0 Å². The van der Waals surface area contributed by atoms with Crippen molar-refractivity contribution >= 4 is 5.69 Å². The van der Waals surface area contributed by atoms with Crippen molar-refractivity contribution in [2.45, 2.75) is 39.9 Å². The number of hydrogen-bond donors (Lipinski definition) is 1. The number of hydrogen-bond acceptors (Lipinski definition) is 3. The molecule has 1 aromatic rings. The highest BCUT2D eigenvalue weighted by Gasteiger charge is 2.07. The quantitative estimate of drug-likeness (QED) is 0.716. The number of anilines is 1. The molecule has 102 valence electrons. The van der Waals surface area contributed by atoms with Crippen molar-refractivity contribution < 1.29 is 9.47 Å². The van der Waals surface area contributed by atoms with Crippen LogP contribution in [0.5, 0.6) is 0 Å². The van der Waals surface area contributed by atoms with Gasteiger partial charge in [-0.1, -0.05) is 26.0 Å². The summed E-state index contributed by atoms with van der Waals surface area (Å²) in [7, 11) is 0. The van der Waals surface area contributed by atoms with Crippen molar-refractivity contribution in [2.24, 2.45) is 0 Å². The molecule has 18 heavy (non-hydrogen) atoms. The normalized spacial score (nSPS) is 11.2. The summed E-state index contributed by atoms with van der Waals surface area (Å²) in [5.74, 6) is 0.568. The van der Waals surface area contributed by atoms with Crippen LogP contribution >= 0.6 is 0 Å². The van der Waals surface area contributed by atoms with E-state index >= 15 is 0 Å². The fourth-order valence-electron chi connectivity index (χ4n) is 1.72. The Morgan fingerprint density at radius 3 is 2.00 bits per heavy atom. The van der Waals surface area contributed by atoms with E-state index in [4.69, 9.17) is 9.47 Å². The molecule has 0 atom stereocenters. The molecule has 0 aliphatic carbocycles. The third-order valence-corrected chi connectivity index (χ3v) is 2.76. The van der Waals surface area contributed by atoms with Crippen LogP contribution in [0.1, 0.15) is 39.2 Å². The lowest BCUT2D eigenvalue weighted by molar-refractivity contribution is -0.126. The number of benzene rings is 1. The minimum atomic E-state index is -0.176. The third kappa shape index (κ3) is 5.07. The van der Waals surface area contributed by atoms with E-state index in [9.17, 15) is 0 Å². The molecule has 0 radical (unpaired) electrons. The van der Waals surface area contributed by atoms with E-state index < -0.39 is 0 Å². The first-order valence-electron chi connectivity index (χ1n) is 6.74. The zero-order chi connectivity index (χ0) is 13.4. The highest BCUT2D eigenvalue weighted by molar-refractivity contribution is 5.45. The molecule has 3 nitrogen and oxygen atoms in total. The Kier molecular flexibility index (Phi) is 6.76. The van der Waals surface area contributed by atoms with Gasteiger partial charge in [0.2, 0.25) is 0 Å². The smallest absolute Gasteiger partial charge is 0.174 e. The number of nitrogens with one attached hydrogen (secondary N) is 1. The SMILES string of the molecule is CCOC(CNc1ccc(C(C)C)cc1)OCC. The van der Waals surface area contributed by atoms with Crippen LogP contribution in [0.4, 0.5) is 5.69 Å². The molecule has 1 rings (SSSR count). The van der Waals surface area contributed by atoms with Gasteiger partial charge in [0.25, 0.3) is 0 Å². The molecule has 3 heteroatoms. The zero-order valence-electron chi connectivity index (χ0n) is 11.9. The summed E-state index contributed by atoms with van der Waals surface area (Å²) in [5.41, 5.74) is 2.45. The highest BCUT2D eigenvalue weighted by atomic mass is 16.7. The van der Waals surface area contributed by atoms with Crippen LogP contribution in [0.2, 0.25) is 0 Å². The van der Waals surface area contributed by atoms with Gasteiger partial charge in [0.15, 0.2) is 6.29 Å². The fourth-order valence-corrected chi connectivity index (χ4v) is 1.72. The van der Waals surface area contributed by atoms with Crippen molar-refractivity contribution in [3.8, 4) is 0 Å². The molecule has 0 spiro atoms. The van der Waals surface area contributed by atoms with Crippen LogP contribution in [-0.4, -0.2) is 26.0 Å². The average molecular weight is 251 g/mol. The summed E-state index contributed by atoms with van der Waals surface area (Å²) >= 11 is 0. The van der Waals surface area contributed by atoms with Gasteiger partial charge in [0.05, 0.1) is 6.54 Å². The molecule has 0 heterocycles. The third-order valence-electron chi connectivity index (χ3n) is 2.76. The van der Waals surface area contributed by atoms with Crippen molar-refractivity contribution in [3.63, 3.8) is 0 Å². The van der Waals surface area contributed by atoms with Crippen LogP contribution in [0.15, 0.2) is 24.3 Å². The van der Waals surface area contributed by atoms with Crippen LogP contribution in [-0.2, 0) is 9.47 Å². The van der Waals surface area contributed by atoms with Gasteiger partial charge in [-0.2, -0.15) is 0 Å². The van der Waals surface area contributed by atoms with E-state index in [1.165, 1.54) is 5.56 Å². The van der Waals surface area contributed by atoms with E-state index in [0.29, 0.717) is 25.7 Å². The summed E-state index contributed by atoms with van der Waals surface area (Å²) in [4.78, 5) is 0. The van der Waals surface area contributed by atoms with Gasteiger partial charge in [-0.25, -0.2) is 0 Å². The molecule has 0 saturated heterocycles. The second kappa shape index (κ2) is 8.11. The molecule has 0 saturated carbocycles. The lowest BCUT2D eigenvalue weighted by Gasteiger charge is -2.18. The second-order valence-corrected chi connectivity index (χ2v) is 4.50. The summed E-state index contributed by atoms with van der Waals surface area (Å²) < 4.78 is 11.0. The van der Waals surface area contributed by atoms with Crippen molar-refractivity contribution in [1.29, 1.82) is 0 Å². The zero-order valence-corrected chi connectivity index (χ0v) is 11.9. The van der Waals surface area contributed by atoms with Gasteiger partial charge < -0.3 is 14.8 Å². The lowest BCUT2D eigenvalue weighted by Crippen LogP contribution is -2.26. The molecule has 1 aromatic carbocycles. The summed E-state index contributed by atoms with van der Waals surface area (Å²) in [6.07, 6.45) is -0.176. The van der Waals surface area contributed by atoms with Gasteiger partial charge >= 0.3 is 0 Å². The van der Waals surface area contributed by atoms with Crippen molar-refractivity contribution in [2.75, 3.05) is 25.1 Å². The summed E-state index contributed by atoms with van der Waals surface area (Å²) in [6, 6.07) is 8.52. The Morgan fingerprint density at radius 2 is 1.56 bits per heavy atom. The van der Waals surface area contributed by atoms with Gasteiger partial charge in [-0.3, -0.25) is 0 Å². The molecule has 0 aromatic heterocycles. The minimum absolute atomic E-state index is 0.176. The first kappa shape index (κ1) is 15.0. The van der Waals surface area contributed by atoms with E-state index in [0.717, 1.165) is 5.69 Å². The first-order valence-corrected chi connectivity index (χ1v) is 6.74. The van der Waals surface area contributed by atoms with E-state index in [2.05, 4.69) is 43.4 Å². The van der Waals surface area contributed by atoms with Crippen molar-refractivity contribution in [3.05, 3.63) is 29.8 Å². The largest absolute Gasteiger partial charge is 0.380 e. The highest BCUT2D eigenvalue weighted by Crippen LogP contribution is 2.17. The van der Waals surface area contributed by atoms with E-state index in [1.54, 1.807) is 0 Å². The van der Waals surface area contributed by atoms with E-state index in [-0.39, 0.29) is 6.29 Å². The predicted molar refractivity (Wildman–Crippen MR) is 76.1 cm³/mol.